The number of amides is 1. The Morgan fingerprint density at radius 2 is 1.88 bits per heavy atom. The van der Waals surface area contributed by atoms with E-state index in [1.807, 2.05) is 0 Å². The fourth-order valence-corrected chi connectivity index (χ4v) is 4.19. The number of carbonyl (C=O) groups is 1. The molecule has 4 rings (SSSR count). The Bertz CT molecular complexity index is 1270. The number of rotatable bonds is 5. The van der Waals surface area contributed by atoms with E-state index in [4.69, 9.17) is 39.4 Å². The van der Waals surface area contributed by atoms with Crippen LogP contribution in [-0.2, 0) is 15.8 Å². The molecule has 2 heterocycles. The van der Waals surface area contributed by atoms with Gasteiger partial charge in [0, 0.05) is 17.7 Å². The van der Waals surface area contributed by atoms with Crippen LogP contribution in [0.4, 0.5) is 8.78 Å². The molecule has 10 heteroatoms. The van der Waals surface area contributed by atoms with Crippen molar-refractivity contribution in [3.05, 3.63) is 81.0 Å². The fraction of sp³-hybridized carbons (Fsp3) is 0.217. The van der Waals surface area contributed by atoms with Gasteiger partial charge in [0.05, 0.1) is 15.7 Å². The molecule has 0 fully saturated rings. The maximum Gasteiger partial charge on any atom is 0.231 e. The van der Waals surface area contributed by atoms with Gasteiger partial charge in [-0.1, -0.05) is 35.3 Å². The van der Waals surface area contributed by atoms with Crippen molar-refractivity contribution in [2.45, 2.75) is 17.9 Å². The van der Waals surface area contributed by atoms with Gasteiger partial charge in [-0.15, -0.1) is 0 Å². The van der Waals surface area contributed by atoms with E-state index < -0.39 is 28.6 Å². The Balaban J connectivity index is 2.04. The van der Waals surface area contributed by atoms with Crippen molar-refractivity contribution in [2.24, 2.45) is 11.5 Å². The summed E-state index contributed by atoms with van der Waals surface area (Å²) in [5.41, 5.74) is 9.48. The summed E-state index contributed by atoms with van der Waals surface area (Å²) in [6, 6.07) is 9.06. The van der Waals surface area contributed by atoms with Gasteiger partial charge in [0.25, 0.3) is 0 Å². The van der Waals surface area contributed by atoms with Crippen molar-refractivity contribution in [2.75, 3.05) is 13.2 Å². The zero-order chi connectivity index (χ0) is 24.1. The second-order valence-corrected chi connectivity index (χ2v) is 8.77. The van der Waals surface area contributed by atoms with Crippen LogP contribution in [0.25, 0.3) is 11.3 Å². The van der Waals surface area contributed by atoms with Crippen LogP contribution in [0, 0.1) is 11.6 Å². The summed E-state index contributed by atoms with van der Waals surface area (Å²) in [4.78, 5) is 16.9. The summed E-state index contributed by atoms with van der Waals surface area (Å²) in [5.74, 6) is -1.69. The number of ether oxygens (including phenoxy) is 1. The highest BCUT2D eigenvalue weighted by Crippen LogP contribution is 2.48. The number of hydrogen-bond acceptors (Lipinski definition) is 5. The van der Waals surface area contributed by atoms with Crippen LogP contribution in [0.2, 0.25) is 10.0 Å². The Morgan fingerprint density at radius 3 is 2.48 bits per heavy atom. The molecular weight excluding hydrogens is 475 g/mol. The maximum atomic E-state index is 13.9. The minimum atomic E-state index is -1.87. The molecular formula is C23H19Cl2F2N3O3. The first kappa shape index (κ1) is 23.4. The fourth-order valence-electron chi connectivity index (χ4n) is 3.79. The molecule has 172 valence electrons. The van der Waals surface area contributed by atoms with E-state index in [-0.39, 0.29) is 51.5 Å². The van der Waals surface area contributed by atoms with Crippen LogP contribution in [0.15, 0.2) is 42.5 Å². The van der Waals surface area contributed by atoms with Gasteiger partial charge in [-0.25, -0.2) is 13.8 Å². The van der Waals surface area contributed by atoms with Crippen molar-refractivity contribution in [1.82, 2.24) is 4.98 Å². The van der Waals surface area contributed by atoms with Crippen LogP contribution in [-0.4, -0.2) is 29.1 Å². The summed E-state index contributed by atoms with van der Waals surface area (Å²) >= 11 is 12.3. The second-order valence-electron chi connectivity index (χ2n) is 8.01. The van der Waals surface area contributed by atoms with Gasteiger partial charge in [-0.3, -0.25) is 4.79 Å². The van der Waals surface area contributed by atoms with Crippen molar-refractivity contribution >= 4 is 29.1 Å². The second kappa shape index (κ2) is 8.22. The predicted molar refractivity (Wildman–Crippen MR) is 120 cm³/mol. The number of hydrogen-bond donors (Lipinski definition) is 3. The SMILES string of the molecule is C[C@]1(C(N)=O)COc2c1cc([C@@](O)(CN)c1ccc(F)cc1)nc2-c1ccc(F)c(Cl)c1Cl. The molecule has 0 unspecified atom stereocenters. The van der Waals surface area contributed by atoms with Gasteiger partial charge in [0.2, 0.25) is 5.91 Å². The van der Waals surface area contributed by atoms with E-state index in [0.717, 1.165) is 6.07 Å². The summed E-state index contributed by atoms with van der Waals surface area (Å²) < 4.78 is 33.2. The average molecular weight is 494 g/mol. The van der Waals surface area contributed by atoms with E-state index in [0.29, 0.717) is 5.56 Å². The van der Waals surface area contributed by atoms with Gasteiger partial charge >= 0.3 is 0 Å². The summed E-state index contributed by atoms with van der Waals surface area (Å²) in [7, 11) is 0. The molecule has 0 saturated heterocycles. The molecule has 0 spiro atoms. The normalized spacial score (nSPS) is 19.0. The van der Waals surface area contributed by atoms with Crippen molar-refractivity contribution in [3.63, 3.8) is 0 Å². The Labute approximate surface area is 198 Å². The molecule has 1 aromatic heterocycles. The number of pyridine rings is 1. The van der Waals surface area contributed by atoms with E-state index in [1.54, 1.807) is 6.92 Å². The third-order valence-corrected chi connectivity index (χ3v) is 6.81. The lowest BCUT2D eigenvalue weighted by molar-refractivity contribution is -0.123. The Hall–Kier alpha value is -2.78. The number of aliphatic hydroxyl groups is 1. The lowest BCUT2D eigenvalue weighted by Crippen LogP contribution is -2.41. The highest BCUT2D eigenvalue weighted by atomic mass is 35.5. The van der Waals surface area contributed by atoms with E-state index in [2.05, 4.69) is 4.98 Å². The molecule has 0 bridgehead atoms. The third-order valence-electron chi connectivity index (χ3n) is 5.95. The van der Waals surface area contributed by atoms with Crippen molar-refractivity contribution < 1.29 is 23.4 Å². The molecule has 6 nitrogen and oxygen atoms in total. The van der Waals surface area contributed by atoms with Crippen LogP contribution in [0.5, 0.6) is 5.75 Å². The van der Waals surface area contributed by atoms with Gasteiger partial charge in [0.1, 0.15) is 40.7 Å². The van der Waals surface area contributed by atoms with Crippen molar-refractivity contribution in [3.8, 4) is 17.0 Å². The number of fused-ring (bicyclic) bond motifs is 1. The number of primary amides is 1. The number of aromatic nitrogens is 1. The van der Waals surface area contributed by atoms with E-state index >= 15 is 0 Å². The first-order chi connectivity index (χ1) is 15.5. The van der Waals surface area contributed by atoms with Crippen LogP contribution >= 0.6 is 23.2 Å². The largest absolute Gasteiger partial charge is 0.489 e. The van der Waals surface area contributed by atoms with Gasteiger partial charge in [-0.05, 0) is 42.8 Å². The molecule has 0 radical (unpaired) electrons. The predicted octanol–water partition coefficient (Wildman–Crippen LogP) is 3.66. The van der Waals surface area contributed by atoms with Gasteiger partial charge < -0.3 is 21.3 Å². The average Bonchev–Trinajstić information content (AvgIpc) is 3.15. The molecule has 3 aromatic rings. The smallest absolute Gasteiger partial charge is 0.231 e. The minimum absolute atomic E-state index is 0.0415. The molecule has 33 heavy (non-hydrogen) atoms. The zero-order valence-electron chi connectivity index (χ0n) is 17.3. The summed E-state index contributed by atoms with van der Waals surface area (Å²) in [6.07, 6.45) is 0. The number of benzene rings is 2. The molecule has 1 aliphatic rings. The number of halogens is 4. The molecule has 5 N–H and O–H groups in total. The lowest BCUT2D eigenvalue weighted by Gasteiger charge is -2.29. The van der Waals surface area contributed by atoms with Crippen molar-refractivity contribution in [1.29, 1.82) is 0 Å². The van der Waals surface area contributed by atoms with Crippen LogP contribution < -0.4 is 16.2 Å². The minimum Gasteiger partial charge on any atom is -0.489 e. The highest BCUT2D eigenvalue weighted by molar-refractivity contribution is 6.43. The van der Waals surface area contributed by atoms with Crippen LogP contribution in [0.3, 0.4) is 0 Å². The quantitative estimate of drug-likeness (QED) is 0.469. The number of nitrogens with two attached hydrogens (primary N) is 2. The number of nitrogens with zero attached hydrogens (tertiary/aromatic N) is 1. The molecule has 2 aromatic carbocycles. The van der Waals surface area contributed by atoms with Gasteiger partial charge in [0.15, 0.2) is 0 Å². The number of carbonyl (C=O) groups excluding carboxylic acids is 1. The summed E-state index contributed by atoms with van der Waals surface area (Å²) in [6.45, 7) is 1.18. The monoisotopic (exact) mass is 493 g/mol. The molecule has 0 aliphatic carbocycles. The first-order valence-electron chi connectivity index (χ1n) is 9.84. The molecule has 2 atom stereocenters. The highest BCUT2D eigenvalue weighted by Gasteiger charge is 2.46. The van der Waals surface area contributed by atoms with E-state index in [1.165, 1.54) is 36.4 Å². The first-order valence-corrected chi connectivity index (χ1v) is 10.6. The standard InChI is InChI=1S/C23H19Cl2F2N3O3/c1-22(21(29)31)10-33-20-14(22)8-16(23(32,9-28)11-2-4-12(26)5-3-11)30-19(20)13-6-7-15(27)18(25)17(13)24/h2-8,32H,9-10,28H2,1H3,(H2,29,31)/t22-,23+/m0/s1. The Morgan fingerprint density at radius 1 is 1.21 bits per heavy atom. The molecule has 0 saturated carbocycles. The summed E-state index contributed by atoms with van der Waals surface area (Å²) in [5, 5.41) is 11.1. The molecule has 1 amide bonds. The third kappa shape index (κ3) is 3.63. The zero-order valence-corrected chi connectivity index (χ0v) is 18.8. The van der Waals surface area contributed by atoms with E-state index in [9.17, 15) is 18.7 Å². The Kier molecular flexibility index (Phi) is 5.82. The van der Waals surface area contributed by atoms with Crippen LogP contribution in [0.1, 0.15) is 23.7 Å². The van der Waals surface area contributed by atoms with Gasteiger partial charge in [-0.2, -0.15) is 0 Å². The maximum absolute atomic E-state index is 13.9. The molecule has 1 aliphatic heterocycles. The topological polar surface area (TPSA) is 111 Å². The lowest BCUT2D eigenvalue weighted by atomic mass is 9.81.